The molecule has 0 saturated heterocycles. The summed E-state index contributed by atoms with van der Waals surface area (Å²) in [7, 11) is 0. The summed E-state index contributed by atoms with van der Waals surface area (Å²) in [5.74, 6) is 0. The van der Waals surface area contributed by atoms with E-state index >= 15 is 0 Å². The highest BCUT2D eigenvalue weighted by Crippen LogP contribution is 2.65. The molecule has 1 aromatic heterocycles. The van der Waals surface area contributed by atoms with E-state index < -0.39 is 5.41 Å². The van der Waals surface area contributed by atoms with E-state index in [1.165, 1.54) is 55.3 Å². The summed E-state index contributed by atoms with van der Waals surface area (Å²) in [6, 6.07) is 37.3. The minimum absolute atomic E-state index is 0.408. The Morgan fingerprint density at radius 3 is 2.12 bits per heavy atom. The molecule has 1 heterocycles. The zero-order valence-electron chi connectivity index (χ0n) is 17.6. The molecular formula is C31H17BrO. The lowest BCUT2D eigenvalue weighted by Crippen LogP contribution is -2.26. The number of rotatable bonds is 0. The Kier molecular flexibility index (Phi) is 3.27. The first-order valence-electron chi connectivity index (χ1n) is 11.2. The van der Waals surface area contributed by atoms with Crippen molar-refractivity contribution in [2.24, 2.45) is 0 Å². The maximum absolute atomic E-state index is 6.66. The first-order chi connectivity index (χ1) is 16.3. The molecule has 154 valence electrons. The zero-order chi connectivity index (χ0) is 21.7. The van der Waals surface area contributed by atoms with Crippen LogP contribution in [0.15, 0.2) is 112 Å². The summed E-state index contributed by atoms with van der Waals surface area (Å²) in [5.41, 5.74) is 11.9. The molecule has 1 spiro atoms. The van der Waals surface area contributed by atoms with Gasteiger partial charge >= 0.3 is 0 Å². The van der Waals surface area contributed by atoms with Crippen molar-refractivity contribution < 1.29 is 4.42 Å². The van der Waals surface area contributed by atoms with E-state index in [1.807, 2.05) is 6.07 Å². The molecule has 8 rings (SSSR count). The molecule has 0 saturated carbocycles. The van der Waals surface area contributed by atoms with Crippen molar-refractivity contribution in [2.45, 2.75) is 5.41 Å². The van der Waals surface area contributed by atoms with Gasteiger partial charge in [-0.15, -0.1) is 0 Å². The lowest BCUT2D eigenvalue weighted by molar-refractivity contribution is 0.652. The summed E-state index contributed by atoms with van der Waals surface area (Å²) in [6.45, 7) is 0. The molecule has 2 aliphatic carbocycles. The Morgan fingerprint density at radius 2 is 1.24 bits per heavy atom. The molecule has 1 unspecified atom stereocenters. The zero-order valence-corrected chi connectivity index (χ0v) is 19.2. The van der Waals surface area contributed by atoms with Gasteiger partial charge in [0.2, 0.25) is 0 Å². The normalized spacial score (nSPS) is 17.4. The fraction of sp³-hybridized carbons (Fsp3) is 0.0323. The molecule has 0 N–H and O–H groups in total. The molecule has 33 heavy (non-hydrogen) atoms. The van der Waals surface area contributed by atoms with Crippen molar-refractivity contribution >= 4 is 37.9 Å². The van der Waals surface area contributed by atoms with Crippen molar-refractivity contribution in [2.75, 3.05) is 0 Å². The van der Waals surface area contributed by atoms with Crippen molar-refractivity contribution in [1.29, 1.82) is 0 Å². The highest BCUT2D eigenvalue weighted by atomic mass is 79.9. The van der Waals surface area contributed by atoms with Gasteiger partial charge < -0.3 is 4.42 Å². The number of para-hydroxylation sites is 1. The van der Waals surface area contributed by atoms with E-state index in [0.29, 0.717) is 0 Å². The van der Waals surface area contributed by atoms with Crippen LogP contribution in [-0.2, 0) is 5.41 Å². The van der Waals surface area contributed by atoms with Gasteiger partial charge in [0.05, 0.1) is 5.41 Å². The highest BCUT2D eigenvalue weighted by Gasteiger charge is 2.53. The summed E-state index contributed by atoms with van der Waals surface area (Å²) in [4.78, 5) is 0. The lowest BCUT2D eigenvalue weighted by atomic mass is 9.70. The van der Waals surface area contributed by atoms with Crippen LogP contribution in [0.25, 0.3) is 44.2 Å². The topological polar surface area (TPSA) is 13.1 Å². The fourth-order valence-electron chi connectivity index (χ4n) is 6.41. The quantitative estimate of drug-likeness (QED) is 0.209. The Bertz CT molecular complexity index is 1790. The van der Waals surface area contributed by atoms with Crippen molar-refractivity contribution in [1.82, 2.24) is 0 Å². The van der Waals surface area contributed by atoms with Gasteiger partial charge in [-0.2, -0.15) is 0 Å². The van der Waals surface area contributed by atoms with Crippen LogP contribution in [0, 0.1) is 0 Å². The first kappa shape index (κ1) is 17.9. The molecule has 0 bridgehead atoms. The predicted octanol–water partition coefficient (Wildman–Crippen LogP) is 8.69. The maximum atomic E-state index is 6.66. The molecule has 1 nitrogen and oxygen atoms in total. The van der Waals surface area contributed by atoms with E-state index in [0.717, 1.165) is 15.6 Å². The minimum Gasteiger partial charge on any atom is -0.456 e. The number of hydrogen-bond donors (Lipinski definition) is 0. The highest BCUT2D eigenvalue weighted by molar-refractivity contribution is 9.10. The summed E-state index contributed by atoms with van der Waals surface area (Å²) >= 11 is 3.88. The number of halogens is 1. The van der Waals surface area contributed by atoms with E-state index in [9.17, 15) is 0 Å². The van der Waals surface area contributed by atoms with Gasteiger partial charge in [-0.25, -0.2) is 0 Å². The SMILES string of the molecule is Brc1cccc2c1-c1ccccc1C21c2ccccc2-c2ccc3c(oc4ccccc43)c21. The van der Waals surface area contributed by atoms with Crippen LogP contribution in [0.4, 0.5) is 0 Å². The molecule has 1 atom stereocenters. The Balaban J connectivity index is 1.67. The molecule has 6 aromatic rings. The minimum atomic E-state index is -0.408. The van der Waals surface area contributed by atoms with Gasteiger partial charge in [-0.3, -0.25) is 0 Å². The van der Waals surface area contributed by atoms with Crippen molar-refractivity contribution in [3.8, 4) is 22.3 Å². The van der Waals surface area contributed by atoms with E-state index in [4.69, 9.17) is 4.42 Å². The summed E-state index contributed by atoms with van der Waals surface area (Å²) < 4.78 is 7.79. The number of hydrogen-bond acceptors (Lipinski definition) is 1. The van der Waals surface area contributed by atoms with E-state index in [1.54, 1.807) is 0 Å². The van der Waals surface area contributed by atoms with Crippen LogP contribution < -0.4 is 0 Å². The fourth-order valence-corrected chi connectivity index (χ4v) is 6.99. The van der Waals surface area contributed by atoms with Crippen LogP contribution in [-0.4, -0.2) is 0 Å². The second-order valence-corrected chi connectivity index (χ2v) is 9.82. The molecular weight excluding hydrogens is 468 g/mol. The van der Waals surface area contributed by atoms with Gasteiger partial charge in [0.15, 0.2) is 0 Å². The molecule has 5 aromatic carbocycles. The van der Waals surface area contributed by atoms with Crippen LogP contribution in [0.1, 0.15) is 22.3 Å². The van der Waals surface area contributed by atoms with E-state index in [2.05, 4.69) is 113 Å². The summed E-state index contributed by atoms with van der Waals surface area (Å²) in [6.07, 6.45) is 0. The molecule has 0 radical (unpaired) electrons. The summed E-state index contributed by atoms with van der Waals surface area (Å²) in [5, 5.41) is 2.35. The molecule has 0 aliphatic heterocycles. The van der Waals surface area contributed by atoms with Gasteiger partial charge in [0.25, 0.3) is 0 Å². The number of benzene rings is 5. The third kappa shape index (κ3) is 1.96. The Labute approximate surface area is 199 Å². The third-order valence-corrected chi connectivity index (χ3v) is 8.22. The van der Waals surface area contributed by atoms with Crippen molar-refractivity contribution in [3.05, 3.63) is 130 Å². The molecule has 2 heteroatoms. The molecule has 0 amide bonds. The average molecular weight is 485 g/mol. The number of fused-ring (bicyclic) bond motifs is 14. The second kappa shape index (κ2) is 6.03. The largest absolute Gasteiger partial charge is 0.456 e. The Hall–Kier alpha value is -3.62. The van der Waals surface area contributed by atoms with E-state index in [-0.39, 0.29) is 0 Å². The van der Waals surface area contributed by atoms with Crippen molar-refractivity contribution in [3.63, 3.8) is 0 Å². The Morgan fingerprint density at radius 1 is 0.545 bits per heavy atom. The maximum Gasteiger partial charge on any atom is 0.140 e. The van der Waals surface area contributed by atoms with Crippen LogP contribution in [0.5, 0.6) is 0 Å². The average Bonchev–Trinajstić information content (AvgIpc) is 3.48. The number of furan rings is 1. The lowest BCUT2D eigenvalue weighted by Gasteiger charge is -2.30. The van der Waals surface area contributed by atoms with Crippen LogP contribution in [0.2, 0.25) is 0 Å². The monoisotopic (exact) mass is 484 g/mol. The van der Waals surface area contributed by atoms with Gasteiger partial charge in [-0.05, 0) is 51.6 Å². The van der Waals surface area contributed by atoms with Gasteiger partial charge in [-0.1, -0.05) is 101 Å². The molecule has 0 fully saturated rings. The predicted molar refractivity (Wildman–Crippen MR) is 138 cm³/mol. The van der Waals surface area contributed by atoms with Crippen LogP contribution >= 0.6 is 15.9 Å². The first-order valence-corrected chi connectivity index (χ1v) is 12.0. The van der Waals surface area contributed by atoms with Gasteiger partial charge in [0, 0.05) is 26.4 Å². The third-order valence-electron chi connectivity index (χ3n) is 7.56. The molecule has 2 aliphatic rings. The smallest absolute Gasteiger partial charge is 0.140 e. The standard InChI is InChI=1S/C31H17BrO/c32-26-14-7-13-25-28(26)22-10-2-5-12-24(22)31(25)23-11-4-1-8-18(23)20-16-17-21-19-9-3-6-15-27(19)33-30(21)29(20)31/h1-17H. The second-order valence-electron chi connectivity index (χ2n) is 8.97. The van der Waals surface area contributed by atoms with Gasteiger partial charge in [0.1, 0.15) is 11.2 Å². The van der Waals surface area contributed by atoms with Crippen LogP contribution in [0.3, 0.4) is 0 Å².